The largest absolute Gasteiger partial charge is 0.474 e. The first-order valence-electron chi connectivity index (χ1n) is 12.4. The molecular weight excluding hydrogens is 567 g/mol. The van der Waals surface area contributed by atoms with Crippen molar-refractivity contribution < 1.29 is 38.2 Å². The van der Waals surface area contributed by atoms with E-state index in [2.05, 4.69) is 29.9 Å². The molecule has 2 aliphatic heterocycles. The van der Waals surface area contributed by atoms with Gasteiger partial charge < -0.3 is 36.0 Å². The van der Waals surface area contributed by atoms with Crippen LogP contribution < -0.4 is 17.0 Å². The van der Waals surface area contributed by atoms with Gasteiger partial charge in [0.1, 0.15) is 24.2 Å². The van der Waals surface area contributed by atoms with E-state index < -0.39 is 62.8 Å². The average molecular weight is 594 g/mol. The van der Waals surface area contributed by atoms with Crippen LogP contribution in [0.3, 0.4) is 0 Å². The van der Waals surface area contributed by atoms with Crippen LogP contribution in [0.15, 0.2) is 23.8 Å². The number of phosphoric acid groups is 1. The Labute approximate surface area is 229 Å². The van der Waals surface area contributed by atoms with E-state index in [9.17, 15) is 24.5 Å². The molecule has 41 heavy (non-hydrogen) atoms. The Bertz CT molecular complexity index is 1710. The Hall–Kier alpha value is -3.55. The Morgan fingerprint density at radius 2 is 2.00 bits per heavy atom. The monoisotopic (exact) mass is 594 g/mol. The Morgan fingerprint density at radius 1 is 1.22 bits per heavy atom. The lowest BCUT2D eigenvalue weighted by Crippen LogP contribution is -2.37. The molecule has 2 aliphatic rings. The summed E-state index contributed by atoms with van der Waals surface area (Å²) in [4.78, 5) is 45.8. The molecule has 8 N–H and O–H groups in total. The average Bonchev–Trinajstić information content (AvgIpc) is 3.69. The van der Waals surface area contributed by atoms with Crippen LogP contribution in [-0.2, 0) is 28.8 Å². The van der Waals surface area contributed by atoms with Gasteiger partial charge in [-0.3, -0.25) is 28.0 Å². The minimum absolute atomic E-state index is 0.0309. The molecule has 1 unspecified atom stereocenters. The molecule has 20 heteroatoms. The fraction of sp³-hybridized carbons (Fsp3) is 0.524. The zero-order valence-corrected chi connectivity index (χ0v) is 22.4. The first-order valence-corrected chi connectivity index (χ1v) is 13.9. The number of nitrogens with zero attached hydrogens (tertiary/aromatic N) is 7. The molecular formula is C21H27N10O9P. The predicted molar refractivity (Wildman–Crippen MR) is 138 cm³/mol. The molecule has 6 rings (SSSR count). The summed E-state index contributed by atoms with van der Waals surface area (Å²) in [6.07, 6.45) is 0.158. The van der Waals surface area contributed by atoms with Crippen molar-refractivity contribution in [1.82, 2.24) is 39.0 Å². The second-order valence-corrected chi connectivity index (χ2v) is 11.2. The van der Waals surface area contributed by atoms with Crippen molar-refractivity contribution in [2.24, 2.45) is 5.92 Å². The lowest BCUT2D eigenvalue weighted by atomic mass is 10.0. The number of imidazole rings is 2. The third-order valence-electron chi connectivity index (χ3n) is 7.19. The van der Waals surface area contributed by atoms with Gasteiger partial charge in [-0.05, 0) is 0 Å². The molecule has 220 valence electrons. The number of aromatic amines is 1. The molecule has 2 saturated heterocycles. The van der Waals surface area contributed by atoms with Crippen molar-refractivity contribution in [1.29, 1.82) is 0 Å². The van der Waals surface area contributed by atoms with Crippen molar-refractivity contribution in [3.05, 3.63) is 29.3 Å². The molecule has 4 aromatic rings. The van der Waals surface area contributed by atoms with Crippen molar-refractivity contribution in [2.75, 3.05) is 31.3 Å². The van der Waals surface area contributed by atoms with E-state index in [0.29, 0.717) is 11.2 Å². The number of anilines is 2. The first kappa shape index (κ1) is 27.6. The highest BCUT2D eigenvalue weighted by Gasteiger charge is 2.50. The van der Waals surface area contributed by atoms with Crippen LogP contribution in [0, 0.1) is 5.92 Å². The van der Waals surface area contributed by atoms with E-state index in [1.54, 1.807) is 11.5 Å². The molecule has 0 saturated carbocycles. The summed E-state index contributed by atoms with van der Waals surface area (Å²) in [7, 11) is -4.91. The first-order chi connectivity index (χ1) is 19.5. The number of phosphoric ester groups is 1. The summed E-state index contributed by atoms with van der Waals surface area (Å²) >= 11 is 0. The number of hydrogen-bond acceptors (Lipinski definition) is 15. The molecule has 0 spiro atoms. The molecule has 2 fully saturated rings. The van der Waals surface area contributed by atoms with Gasteiger partial charge in [0, 0.05) is 12.3 Å². The van der Waals surface area contributed by atoms with Crippen molar-refractivity contribution in [3.63, 3.8) is 0 Å². The normalized spacial score (nSPS) is 29.9. The lowest BCUT2D eigenvalue weighted by molar-refractivity contribution is -0.0677. The van der Waals surface area contributed by atoms with E-state index in [4.69, 9.17) is 30.0 Å². The standard InChI is InChI=1S/C21H27N10O9P/c1-9-14(33)11(39-19(9)30-7-26-12-15(22)24-6-25-16(12)30)4-38-41(35,36)40-21(2-10(3-32)37-5-21)31-8-27-13-17(31)28-20(23)29-18(13)34/h6-11,14,19,32-33H,2-5H2,1H3,(H,35,36)(H2,22,24,25)(H3,23,28,29,34)/t9-,10+,11-,14+,19-,21-/m1/s1. The number of nitrogens with one attached hydrogen (secondary N) is 1. The number of H-pyrrole nitrogens is 1. The number of nitrogens with two attached hydrogens (primary N) is 2. The number of hydrogen-bond donors (Lipinski definition) is 6. The van der Waals surface area contributed by atoms with Gasteiger partial charge in [0.05, 0.1) is 44.7 Å². The molecule has 0 amide bonds. The van der Waals surface area contributed by atoms with E-state index in [1.165, 1.54) is 23.5 Å². The lowest BCUT2D eigenvalue weighted by Gasteiger charge is -2.31. The second kappa shape index (κ2) is 10.1. The van der Waals surface area contributed by atoms with Crippen LogP contribution in [0.1, 0.15) is 19.6 Å². The predicted octanol–water partition coefficient (Wildman–Crippen LogP) is -1.41. The molecule has 6 heterocycles. The van der Waals surface area contributed by atoms with Gasteiger partial charge in [-0.25, -0.2) is 24.5 Å². The number of aromatic nitrogens is 8. The summed E-state index contributed by atoms with van der Waals surface area (Å²) in [6.45, 7) is 0.471. The van der Waals surface area contributed by atoms with Gasteiger partial charge in [0.15, 0.2) is 28.4 Å². The molecule has 7 atom stereocenters. The zero-order valence-electron chi connectivity index (χ0n) is 21.5. The third kappa shape index (κ3) is 4.75. The highest BCUT2D eigenvalue weighted by molar-refractivity contribution is 7.47. The molecule has 4 aromatic heterocycles. The number of fused-ring (bicyclic) bond motifs is 2. The Kier molecular flexibility index (Phi) is 6.78. The smallest absolute Gasteiger partial charge is 0.394 e. The molecule has 0 radical (unpaired) electrons. The van der Waals surface area contributed by atoms with Crippen LogP contribution in [0.2, 0.25) is 0 Å². The fourth-order valence-corrected chi connectivity index (χ4v) is 6.18. The van der Waals surface area contributed by atoms with Crippen LogP contribution >= 0.6 is 7.82 Å². The van der Waals surface area contributed by atoms with Crippen molar-refractivity contribution in [3.8, 4) is 0 Å². The Morgan fingerprint density at radius 3 is 2.76 bits per heavy atom. The third-order valence-corrected chi connectivity index (χ3v) is 8.24. The van der Waals surface area contributed by atoms with Crippen molar-refractivity contribution >= 4 is 41.9 Å². The van der Waals surface area contributed by atoms with Gasteiger partial charge in [-0.1, -0.05) is 6.92 Å². The van der Waals surface area contributed by atoms with Gasteiger partial charge in [-0.15, -0.1) is 0 Å². The summed E-state index contributed by atoms with van der Waals surface area (Å²) in [5, 5.41) is 20.5. The molecule has 0 bridgehead atoms. The van der Waals surface area contributed by atoms with E-state index in [-0.39, 0.29) is 36.0 Å². The number of ether oxygens (including phenoxy) is 2. The maximum atomic E-state index is 13.3. The quantitative estimate of drug-likeness (QED) is 0.128. The van der Waals surface area contributed by atoms with E-state index >= 15 is 0 Å². The summed E-state index contributed by atoms with van der Waals surface area (Å²) in [6, 6.07) is 0. The molecule has 0 aromatic carbocycles. The highest BCUT2D eigenvalue weighted by Crippen LogP contribution is 2.53. The number of aliphatic hydroxyl groups excluding tert-OH is 2. The maximum Gasteiger partial charge on any atom is 0.474 e. The minimum atomic E-state index is -4.91. The minimum Gasteiger partial charge on any atom is -0.394 e. The zero-order chi connectivity index (χ0) is 29.1. The number of aliphatic hydroxyl groups is 2. The highest BCUT2D eigenvalue weighted by atomic mass is 31.2. The van der Waals surface area contributed by atoms with Gasteiger partial charge in [0.25, 0.3) is 5.56 Å². The summed E-state index contributed by atoms with van der Waals surface area (Å²) in [5.41, 5.74) is 9.81. The fourth-order valence-electron chi connectivity index (χ4n) is 5.15. The van der Waals surface area contributed by atoms with Crippen LogP contribution in [0.25, 0.3) is 22.3 Å². The van der Waals surface area contributed by atoms with Crippen LogP contribution in [0.5, 0.6) is 0 Å². The van der Waals surface area contributed by atoms with E-state index in [1.807, 2.05) is 0 Å². The number of rotatable bonds is 8. The molecule has 0 aliphatic carbocycles. The van der Waals surface area contributed by atoms with Crippen LogP contribution in [0.4, 0.5) is 11.8 Å². The summed E-state index contributed by atoms with van der Waals surface area (Å²) < 4.78 is 38.6. The molecule has 19 nitrogen and oxygen atoms in total. The topological polar surface area (TPSA) is 274 Å². The van der Waals surface area contributed by atoms with Gasteiger partial charge in [0.2, 0.25) is 5.95 Å². The second-order valence-electron chi connectivity index (χ2n) is 9.86. The Balaban J connectivity index is 1.22. The van der Waals surface area contributed by atoms with Crippen molar-refractivity contribution in [2.45, 2.75) is 43.6 Å². The van der Waals surface area contributed by atoms with Crippen LogP contribution in [-0.4, -0.2) is 92.3 Å². The van der Waals surface area contributed by atoms with Gasteiger partial charge >= 0.3 is 7.82 Å². The van der Waals surface area contributed by atoms with E-state index in [0.717, 1.165) is 0 Å². The number of nitrogen functional groups attached to an aromatic ring is 2. The van der Waals surface area contributed by atoms with Gasteiger partial charge in [-0.2, -0.15) is 4.98 Å². The SMILES string of the molecule is C[C@@H]1[C@H](O)[C@@H](COP(=O)(O)O[C@@]2(n3cnc4c(=O)[nH]c(N)nc43)CO[C@H](CO)C2)O[C@H]1n1cnc2c(N)ncnc21. The summed E-state index contributed by atoms with van der Waals surface area (Å²) in [5.74, 6) is -0.529. The maximum absolute atomic E-state index is 13.3.